The Morgan fingerprint density at radius 3 is 2.31 bits per heavy atom. The van der Waals surface area contributed by atoms with Crippen LogP contribution in [0.25, 0.3) is 10.8 Å². The number of halogens is 2. The summed E-state index contributed by atoms with van der Waals surface area (Å²) in [5.41, 5.74) is 1.35. The van der Waals surface area contributed by atoms with Crippen molar-refractivity contribution in [2.75, 3.05) is 0 Å². The molecule has 0 nitrogen and oxygen atoms in total. The van der Waals surface area contributed by atoms with Crippen LogP contribution in [0.5, 0.6) is 0 Å². The van der Waals surface area contributed by atoms with Crippen molar-refractivity contribution in [1.82, 2.24) is 0 Å². The molecule has 0 aliphatic carbocycles. The third kappa shape index (κ3) is 3.72. The molecule has 70 valence electrons. The Balaban J connectivity index is 0. The molecule has 0 amide bonds. The van der Waals surface area contributed by atoms with Crippen molar-refractivity contribution in [1.29, 1.82) is 0 Å². The number of rotatable bonds is 0. The zero-order valence-electron chi connectivity index (χ0n) is 7.22. The Morgan fingerprint density at radius 2 is 1.69 bits per heavy atom. The van der Waals surface area contributed by atoms with E-state index in [1.807, 2.05) is 0 Å². The van der Waals surface area contributed by atoms with Crippen LogP contribution in [-0.2, 0) is 25.8 Å². The zero-order valence-corrected chi connectivity index (χ0v) is 14.0. The molecule has 0 saturated carbocycles. The summed E-state index contributed by atoms with van der Waals surface area (Å²) >= 11 is 0. The van der Waals surface area contributed by atoms with Gasteiger partial charge in [0.2, 0.25) is 0 Å². The fraction of sp³-hybridized carbons (Fsp3) is 0.100. The molecule has 0 aliphatic rings. The standard InChI is InChI=1S/C10H9.2BrH.Hf/c1-8-6-9-4-2-3-5-10(9)7-8;;;/h2-7H,1H3;2*1H;/q-1;;;/p-2. The van der Waals surface area contributed by atoms with E-state index in [1.54, 1.807) is 0 Å². The molecule has 0 saturated heterocycles. The molecular formula is C10H9Br2Hf-3. The fourth-order valence-electron chi connectivity index (χ4n) is 1.31. The predicted octanol–water partition coefficient (Wildman–Crippen LogP) is -3.13. The summed E-state index contributed by atoms with van der Waals surface area (Å²) in [6, 6.07) is 12.8. The van der Waals surface area contributed by atoms with Crippen LogP contribution in [0.2, 0.25) is 0 Å². The molecule has 0 aliphatic heterocycles. The van der Waals surface area contributed by atoms with Crippen molar-refractivity contribution < 1.29 is 59.8 Å². The third-order valence-corrected chi connectivity index (χ3v) is 1.76. The first-order valence-electron chi connectivity index (χ1n) is 3.48. The second kappa shape index (κ2) is 7.02. The molecule has 0 fully saturated rings. The van der Waals surface area contributed by atoms with E-state index in [0.29, 0.717) is 0 Å². The molecule has 13 heavy (non-hydrogen) atoms. The van der Waals surface area contributed by atoms with Gasteiger partial charge in [-0.05, 0) is 0 Å². The van der Waals surface area contributed by atoms with Gasteiger partial charge in [0, 0.05) is 25.8 Å². The molecule has 2 aromatic carbocycles. The SMILES string of the molecule is Cc1cc2ccccc2[cH-]1.[Br-].[Br-].[Hf]. The predicted molar refractivity (Wildman–Crippen MR) is 44.3 cm³/mol. The first kappa shape index (κ1) is 16.1. The van der Waals surface area contributed by atoms with Gasteiger partial charge in [-0.2, -0.15) is 6.07 Å². The largest absolute Gasteiger partial charge is 1.00 e. The van der Waals surface area contributed by atoms with E-state index in [0.717, 1.165) is 0 Å². The maximum absolute atomic E-state index is 2.20. The minimum atomic E-state index is 0. The molecule has 0 heterocycles. The average molecular weight is 467 g/mol. The van der Waals surface area contributed by atoms with Gasteiger partial charge in [0.25, 0.3) is 0 Å². The molecule has 0 unspecified atom stereocenters. The summed E-state index contributed by atoms with van der Waals surface area (Å²) in [4.78, 5) is 0. The molecule has 0 bridgehead atoms. The van der Waals surface area contributed by atoms with Gasteiger partial charge in [-0.1, -0.05) is 13.0 Å². The van der Waals surface area contributed by atoms with E-state index < -0.39 is 0 Å². The van der Waals surface area contributed by atoms with Gasteiger partial charge in [0.05, 0.1) is 0 Å². The Kier molecular flexibility index (Phi) is 8.69. The van der Waals surface area contributed by atoms with E-state index in [-0.39, 0.29) is 59.8 Å². The molecule has 3 heteroatoms. The van der Waals surface area contributed by atoms with Crippen LogP contribution >= 0.6 is 0 Å². The van der Waals surface area contributed by atoms with E-state index in [1.165, 1.54) is 16.3 Å². The molecule has 0 atom stereocenters. The quantitative estimate of drug-likeness (QED) is 0.284. The second-order valence-electron chi connectivity index (χ2n) is 2.66. The van der Waals surface area contributed by atoms with Crippen molar-refractivity contribution in [2.24, 2.45) is 0 Å². The van der Waals surface area contributed by atoms with Crippen LogP contribution in [0, 0.1) is 6.92 Å². The number of benzene rings is 1. The van der Waals surface area contributed by atoms with Crippen molar-refractivity contribution in [3.63, 3.8) is 0 Å². The third-order valence-electron chi connectivity index (χ3n) is 1.76. The summed E-state index contributed by atoms with van der Waals surface area (Å²) in [6.07, 6.45) is 0. The summed E-state index contributed by atoms with van der Waals surface area (Å²) < 4.78 is 0. The van der Waals surface area contributed by atoms with Crippen molar-refractivity contribution in [3.05, 3.63) is 42.0 Å². The van der Waals surface area contributed by atoms with Gasteiger partial charge in [-0.25, -0.2) is 0 Å². The maximum atomic E-state index is 2.20. The normalized spacial score (nSPS) is 8.08. The van der Waals surface area contributed by atoms with Gasteiger partial charge >= 0.3 is 0 Å². The summed E-state index contributed by atoms with van der Waals surface area (Å²) in [5.74, 6) is 0. The van der Waals surface area contributed by atoms with Crippen molar-refractivity contribution in [2.45, 2.75) is 6.92 Å². The molecule has 0 radical (unpaired) electrons. The van der Waals surface area contributed by atoms with Gasteiger partial charge in [-0.15, -0.1) is 40.6 Å². The molecule has 0 N–H and O–H groups in total. The summed E-state index contributed by atoms with van der Waals surface area (Å²) in [7, 11) is 0. The molecule has 0 aromatic heterocycles. The minimum absolute atomic E-state index is 0. The van der Waals surface area contributed by atoms with Crippen LogP contribution in [0.15, 0.2) is 36.4 Å². The van der Waals surface area contributed by atoms with Crippen LogP contribution in [0.1, 0.15) is 5.56 Å². The molecule has 2 aromatic rings. The monoisotopic (exact) mass is 467 g/mol. The van der Waals surface area contributed by atoms with Gasteiger partial charge in [-0.3, -0.25) is 0 Å². The topological polar surface area (TPSA) is 0 Å². The Morgan fingerprint density at radius 1 is 1.08 bits per heavy atom. The number of fused-ring (bicyclic) bond motifs is 1. The molecule has 2 rings (SSSR count). The van der Waals surface area contributed by atoms with Crippen LogP contribution in [0.3, 0.4) is 0 Å². The maximum Gasteiger partial charge on any atom is 0 e. The van der Waals surface area contributed by atoms with Crippen LogP contribution in [0.4, 0.5) is 0 Å². The Hall–Kier alpha value is 0.660. The van der Waals surface area contributed by atoms with Crippen molar-refractivity contribution in [3.8, 4) is 0 Å². The van der Waals surface area contributed by atoms with Gasteiger partial charge in [0.15, 0.2) is 0 Å². The second-order valence-corrected chi connectivity index (χ2v) is 2.66. The summed E-state index contributed by atoms with van der Waals surface area (Å²) in [6.45, 7) is 2.12. The first-order valence-corrected chi connectivity index (χ1v) is 3.48. The van der Waals surface area contributed by atoms with E-state index in [9.17, 15) is 0 Å². The van der Waals surface area contributed by atoms with Crippen molar-refractivity contribution >= 4 is 10.8 Å². The molecular weight excluding hydrogens is 458 g/mol. The van der Waals surface area contributed by atoms with Crippen LogP contribution in [-0.4, -0.2) is 0 Å². The van der Waals surface area contributed by atoms with Gasteiger partial charge < -0.3 is 34.0 Å². The zero-order chi connectivity index (χ0) is 6.97. The average Bonchev–Trinajstić information content (AvgIpc) is 2.27. The Bertz CT molecular complexity index is 321. The smallest absolute Gasteiger partial charge is 0 e. The van der Waals surface area contributed by atoms with Gasteiger partial charge in [0.1, 0.15) is 0 Å². The Labute approximate surface area is 118 Å². The summed E-state index contributed by atoms with van der Waals surface area (Å²) in [5, 5.41) is 2.69. The first-order chi connectivity index (χ1) is 4.86. The number of hydrogen-bond donors (Lipinski definition) is 0. The number of hydrogen-bond acceptors (Lipinski definition) is 0. The fourth-order valence-corrected chi connectivity index (χ4v) is 1.31. The van der Waals surface area contributed by atoms with E-state index >= 15 is 0 Å². The van der Waals surface area contributed by atoms with E-state index in [2.05, 4.69) is 43.3 Å². The van der Waals surface area contributed by atoms with Crippen LogP contribution < -0.4 is 34.0 Å². The molecule has 0 spiro atoms. The minimum Gasteiger partial charge on any atom is -1.00 e. The number of aryl methyl sites for hydroxylation is 1. The van der Waals surface area contributed by atoms with E-state index in [4.69, 9.17) is 0 Å².